The van der Waals surface area contributed by atoms with Crippen LogP contribution in [0.3, 0.4) is 0 Å². The SMILES string of the molecule is CC(=NNC(=O)c1ccc(C(=O)NCCc2ccnn2C)s1)c1csc(-c2ccc(Cl)c(Cl)c2)c1O. The maximum atomic E-state index is 12.6. The van der Waals surface area contributed by atoms with Crippen molar-refractivity contribution in [2.75, 3.05) is 6.54 Å². The standard InChI is InChI=1S/C24H21Cl2N5O3S2/c1-13(16-12-35-22(21(16)32)14-3-4-17(25)18(26)11-14)29-30-24(34)20-6-5-19(36-20)23(33)27-9-7-15-8-10-28-31(15)2/h3-6,8,10-12,32H,7,9H2,1-2H3,(H,27,33)(H,30,34). The van der Waals surface area contributed by atoms with Crippen LogP contribution in [0.15, 0.2) is 53.1 Å². The van der Waals surface area contributed by atoms with E-state index in [-0.39, 0.29) is 11.7 Å². The molecule has 0 saturated heterocycles. The van der Waals surface area contributed by atoms with Gasteiger partial charge in [-0.05, 0) is 42.8 Å². The van der Waals surface area contributed by atoms with Gasteiger partial charge >= 0.3 is 0 Å². The highest BCUT2D eigenvalue weighted by Crippen LogP contribution is 2.40. The molecular weight excluding hydrogens is 541 g/mol. The molecule has 0 aliphatic carbocycles. The van der Waals surface area contributed by atoms with Crippen LogP contribution in [0, 0.1) is 0 Å². The van der Waals surface area contributed by atoms with E-state index in [0.717, 1.165) is 22.6 Å². The van der Waals surface area contributed by atoms with Crippen molar-refractivity contribution in [1.82, 2.24) is 20.5 Å². The number of rotatable bonds is 8. The van der Waals surface area contributed by atoms with E-state index in [1.165, 1.54) is 11.3 Å². The first-order valence-electron chi connectivity index (χ1n) is 10.7. The minimum absolute atomic E-state index is 0.0371. The van der Waals surface area contributed by atoms with Gasteiger partial charge in [0.05, 0.1) is 36.0 Å². The quantitative estimate of drug-likeness (QED) is 0.199. The lowest BCUT2D eigenvalue weighted by molar-refractivity contribution is 0.0951. The molecule has 12 heteroatoms. The predicted octanol–water partition coefficient (Wildman–Crippen LogP) is 5.35. The van der Waals surface area contributed by atoms with E-state index in [1.54, 1.807) is 53.5 Å². The zero-order valence-electron chi connectivity index (χ0n) is 19.2. The van der Waals surface area contributed by atoms with Crippen LogP contribution < -0.4 is 10.7 Å². The minimum atomic E-state index is -0.451. The van der Waals surface area contributed by atoms with E-state index in [4.69, 9.17) is 23.2 Å². The van der Waals surface area contributed by atoms with Gasteiger partial charge in [0, 0.05) is 37.3 Å². The average Bonchev–Trinajstić information content (AvgIpc) is 3.60. The summed E-state index contributed by atoms with van der Waals surface area (Å²) in [6, 6.07) is 10.2. The number of amides is 2. The molecule has 0 unspecified atom stereocenters. The molecule has 4 aromatic rings. The Labute approximate surface area is 225 Å². The number of carbonyl (C=O) groups is 2. The molecular formula is C24H21Cl2N5O3S2. The topological polar surface area (TPSA) is 109 Å². The Morgan fingerprint density at radius 3 is 2.56 bits per heavy atom. The Bertz CT molecular complexity index is 1460. The van der Waals surface area contributed by atoms with Gasteiger partial charge in [-0.1, -0.05) is 29.3 Å². The second kappa shape index (κ2) is 11.3. The summed E-state index contributed by atoms with van der Waals surface area (Å²) in [7, 11) is 1.85. The molecule has 0 aliphatic heterocycles. The number of benzene rings is 1. The highest BCUT2D eigenvalue weighted by Gasteiger charge is 2.17. The van der Waals surface area contributed by atoms with Crippen LogP contribution in [-0.2, 0) is 13.5 Å². The fourth-order valence-electron chi connectivity index (χ4n) is 3.32. The first-order valence-corrected chi connectivity index (χ1v) is 13.2. The molecule has 3 N–H and O–H groups in total. The van der Waals surface area contributed by atoms with Crippen LogP contribution >= 0.6 is 45.9 Å². The van der Waals surface area contributed by atoms with Gasteiger partial charge in [-0.2, -0.15) is 10.2 Å². The van der Waals surface area contributed by atoms with Crippen LogP contribution in [-0.4, -0.2) is 39.0 Å². The predicted molar refractivity (Wildman–Crippen MR) is 145 cm³/mol. The summed E-state index contributed by atoms with van der Waals surface area (Å²) in [6.45, 7) is 2.13. The van der Waals surface area contributed by atoms with Crippen molar-refractivity contribution >= 4 is 63.4 Å². The fraction of sp³-hybridized carbons (Fsp3) is 0.167. The molecule has 0 fully saturated rings. The Morgan fingerprint density at radius 2 is 1.86 bits per heavy atom. The lowest BCUT2D eigenvalue weighted by Crippen LogP contribution is -2.25. The van der Waals surface area contributed by atoms with E-state index in [2.05, 4.69) is 20.9 Å². The number of carbonyl (C=O) groups excluding carboxylic acids is 2. The molecule has 8 nitrogen and oxygen atoms in total. The third kappa shape index (κ3) is 5.79. The van der Waals surface area contributed by atoms with Crippen LogP contribution in [0.1, 0.15) is 37.5 Å². The molecule has 0 bridgehead atoms. The normalized spacial score (nSPS) is 11.5. The Hall–Kier alpha value is -3.18. The number of halogens is 2. The number of aromatic hydroxyl groups is 1. The van der Waals surface area contributed by atoms with Crippen molar-refractivity contribution in [1.29, 1.82) is 0 Å². The second-order valence-electron chi connectivity index (χ2n) is 7.71. The lowest BCUT2D eigenvalue weighted by atomic mass is 10.1. The summed E-state index contributed by atoms with van der Waals surface area (Å²) < 4.78 is 1.76. The second-order valence-corrected chi connectivity index (χ2v) is 10.5. The van der Waals surface area contributed by atoms with Crippen LogP contribution in [0.5, 0.6) is 5.75 Å². The molecule has 3 heterocycles. The van der Waals surface area contributed by atoms with E-state index in [9.17, 15) is 14.7 Å². The largest absolute Gasteiger partial charge is 0.506 e. The highest BCUT2D eigenvalue weighted by molar-refractivity contribution is 7.16. The Kier molecular flexibility index (Phi) is 8.10. The summed E-state index contributed by atoms with van der Waals surface area (Å²) in [5, 5.41) is 24.3. The van der Waals surface area contributed by atoms with Crippen molar-refractivity contribution in [3.63, 3.8) is 0 Å². The average molecular weight is 563 g/mol. The van der Waals surface area contributed by atoms with Gasteiger partial charge in [0.1, 0.15) is 5.75 Å². The zero-order chi connectivity index (χ0) is 25.8. The minimum Gasteiger partial charge on any atom is -0.506 e. The van der Waals surface area contributed by atoms with E-state index in [0.29, 0.717) is 48.9 Å². The van der Waals surface area contributed by atoms with Gasteiger partial charge in [0.2, 0.25) is 0 Å². The van der Waals surface area contributed by atoms with Crippen molar-refractivity contribution in [3.05, 3.63) is 79.0 Å². The van der Waals surface area contributed by atoms with Gasteiger partial charge in [-0.15, -0.1) is 22.7 Å². The number of nitrogens with zero attached hydrogens (tertiary/aromatic N) is 3. The van der Waals surface area contributed by atoms with Gasteiger partial charge in [-0.25, -0.2) is 5.43 Å². The smallest absolute Gasteiger partial charge is 0.281 e. The van der Waals surface area contributed by atoms with Crippen LogP contribution in [0.2, 0.25) is 10.0 Å². The number of hydrazone groups is 1. The molecule has 4 rings (SSSR count). The first kappa shape index (κ1) is 25.9. The maximum Gasteiger partial charge on any atom is 0.281 e. The molecule has 186 valence electrons. The van der Waals surface area contributed by atoms with Gasteiger partial charge < -0.3 is 10.4 Å². The molecule has 0 radical (unpaired) electrons. The summed E-state index contributed by atoms with van der Waals surface area (Å²) in [5.41, 5.74) is 5.13. The summed E-state index contributed by atoms with van der Waals surface area (Å²) in [6.07, 6.45) is 2.36. The molecule has 0 saturated carbocycles. The third-order valence-electron chi connectivity index (χ3n) is 5.30. The highest BCUT2D eigenvalue weighted by atomic mass is 35.5. The Morgan fingerprint density at radius 1 is 1.11 bits per heavy atom. The summed E-state index contributed by atoms with van der Waals surface area (Å²) in [4.78, 5) is 26.4. The number of nitrogens with one attached hydrogen (secondary N) is 2. The maximum absolute atomic E-state index is 12.6. The molecule has 3 aromatic heterocycles. The van der Waals surface area contributed by atoms with Crippen LogP contribution in [0.25, 0.3) is 10.4 Å². The molecule has 0 atom stereocenters. The van der Waals surface area contributed by atoms with Gasteiger partial charge in [-0.3, -0.25) is 14.3 Å². The molecule has 36 heavy (non-hydrogen) atoms. The molecule has 0 spiro atoms. The van der Waals surface area contributed by atoms with Crippen molar-refractivity contribution in [2.24, 2.45) is 12.1 Å². The number of hydrogen-bond donors (Lipinski definition) is 3. The third-order valence-corrected chi connectivity index (χ3v) is 8.14. The molecule has 1 aromatic carbocycles. The summed E-state index contributed by atoms with van der Waals surface area (Å²) >= 11 is 14.5. The van der Waals surface area contributed by atoms with Crippen molar-refractivity contribution < 1.29 is 14.7 Å². The van der Waals surface area contributed by atoms with Crippen LogP contribution in [0.4, 0.5) is 0 Å². The molecule has 2 amide bonds. The Balaban J connectivity index is 1.36. The summed E-state index contributed by atoms with van der Waals surface area (Å²) in [5.74, 6) is -0.665. The monoisotopic (exact) mass is 561 g/mol. The van der Waals surface area contributed by atoms with E-state index >= 15 is 0 Å². The molecule has 0 aliphatic rings. The van der Waals surface area contributed by atoms with Crippen molar-refractivity contribution in [2.45, 2.75) is 13.3 Å². The number of aryl methyl sites for hydroxylation is 1. The zero-order valence-corrected chi connectivity index (χ0v) is 22.4. The van der Waals surface area contributed by atoms with E-state index < -0.39 is 5.91 Å². The lowest BCUT2D eigenvalue weighted by Gasteiger charge is -2.04. The van der Waals surface area contributed by atoms with Crippen molar-refractivity contribution in [3.8, 4) is 16.2 Å². The number of hydrogen-bond acceptors (Lipinski definition) is 7. The number of thiophene rings is 2. The van der Waals surface area contributed by atoms with Gasteiger partial charge in [0.15, 0.2) is 0 Å². The first-order chi connectivity index (χ1) is 17.2. The fourth-order valence-corrected chi connectivity index (χ4v) is 5.43. The van der Waals surface area contributed by atoms with Gasteiger partial charge in [0.25, 0.3) is 11.8 Å². The van der Waals surface area contributed by atoms with E-state index in [1.807, 2.05) is 13.1 Å². The number of aromatic nitrogens is 2.